The van der Waals surface area contributed by atoms with E-state index in [9.17, 15) is 0 Å². The van der Waals surface area contributed by atoms with Gasteiger partial charge in [-0.15, -0.1) is 0 Å². The number of anilines is 1. The second-order valence-corrected chi connectivity index (χ2v) is 4.84. The standard InChI is InChI=1S/C11H16BrN3O/c1-8-4-9(12)5-14-11(8)15-6-10-7-16-3-2-13-10/h4-5,10,13H,2-3,6-7H2,1H3,(H,14,15). The van der Waals surface area contributed by atoms with E-state index in [0.717, 1.165) is 42.2 Å². The van der Waals surface area contributed by atoms with Crippen LogP contribution in [0.4, 0.5) is 5.82 Å². The lowest BCUT2D eigenvalue weighted by Gasteiger charge is -2.24. The first-order valence-corrected chi connectivity index (χ1v) is 6.22. The first kappa shape index (κ1) is 11.8. The summed E-state index contributed by atoms with van der Waals surface area (Å²) in [5.41, 5.74) is 1.14. The second-order valence-electron chi connectivity index (χ2n) is 3.93. The molecule has 88 valence electrons. The van der Waals surface area contributed by atoms with E-state index in [1.807, 2.05) is 6.92 Å². The van der Waals surface area contributed by atoms with Gasteiger partial charge in [-0.2, -0.15) is 0 Å². The average Bonchev–Trinajstić information content (AvgIpc) is 2.29. The molecule has 0 radical (unpaired) electrons. The second kappa shape index (κ2) is 5.61. The van der Waals surface area contributed by atoms with E-state index in [2.05, 4.69) is 37.6 Å². The van der Waals surface area contributed by atoms with E-state index in [4.69, 9.17) is 4.74 Å². The topological polar surface area (TPSA) is 46.2 Å². The van der Waals surface area contributed by atoms with Crippen molar-refractivity contribution in [2.75, 3.05) is 31.6 Å². The smallest absolute Gasteiger partial charge is 0.128 e. The van der Waals surface area contributed by atoms with Crippen molar-refractivity contribution in [1.82, 2.24) is 10.3 Å². The SMILES string of the molecule is Cc1cc(Br)cnc1NCC1COCCN1. The molecule has 0 saturated carbocycles. The Balaban J connectivity index is 1.88. The van der Waals surface area contributed by atoms with E-state index < -0.39 is 0 Å². The molecule has 0 amide bonds. The van der Waals surface area contributed by atoms with Crippen molar-refractivity contribution in [3.63, 3.8) is 0 Å². The van der Waals surface area contributed by atoms with E-state index in [1.165, 1.54) is 0 Å². The van der Waals surface area contributed by atoms with Gasteiger partial charge in [0, 0.05) is 29.8 Å². The minimum absolute atomic E-state index is 0.374. The summed E-state index contributed by atoms with van der Waals surface area (Å²) in [6.45, 7) is 5.40. The average molecular weight is 286 g/mol. The van der Waals surface area contributed by atoms with Crippen LogP contribution in [0.1, 0.15) is 5.56 Å². The summed E-state index contributed by atoms with van der Waals surface area (Å²) in [5.74, 6) is 0.940. The van der Waals surface area contributed by atoms with Gasteiger partial charge in [0.2, 0.25) is 0 Å². The number of rotatable bonds is 3. The van der Waals surface area contributed by atoms with Gasteiger partial charge in [-0.05, 0) is 34.5 Å². The zero-order chi connectivity index (χ0) is 11.4. The largest absolute Gasteiger partial charge is 0.378 e. The number of aryl methyl sites for hydroxylation is 1. The van der Waals surface area contributed by atoms with Gasteiger partial charge in [-0.3, -0.25) is 0 Å². The van der Waals surface area contributed by atoms with E-state index in [1.54, 1.807) is 6.20 Å². The van der Waals surface area contributed by atoms with Crippen molar-refractivity contribution in [1.29, 1.82) is 0 Å². The molecule has 5 heteroatoms. The summed E-state index contributed by atoms with van der Waals surface area (Å²) in [6.07, 6.45) is 1.81. The third-order valence-electron chi connectivity index (χ3n) is 2.56. The molecule has 1 aromatic heterocycles. The fraction of sp³-hybridized carbons (Fsp3) is 0.545. The lowest BCUT2D eigenvalue weighted by atomic mass is 10.2. The van der Waals surface area contributed by atoms with Gasteiger partial charge in [0.1, 0.15) is 5.82 Å². The predicted molar refractivity (Wildman–Crippen MR) is 67.8 cm³/mol. The Kier molecular flexibility index (Phi) is 4.15. The van der Waals surface area contributed by atoms with Crippen molar-refractivity contribution < 1.29 is 4.74 Å². The highest BCUT2D eigenvalue weighted by Gasteiger charge is 2.12. The number of pyridine rings is 1. The van der Waals surface area contributed by atoms with Gasteiger partial charge in [-0.25, -0.2) is 4.98 Å². The molecule has 1 aromatic rings. The molecule has 2 heterocycles. The number of ether oxygens (including phenoxy) is 1. The highest BCUT2D eigenvalue weighted by Crippen LogP contribution is 2.16. The molecule has 0 bridgehead atoms. The highest BCUT2D eigenvalue weighted by atomic mass is 79.9. The summed E-state index contributed by atoms with van der Waals surface area (Å²) in [7, 11) is 0. The van der Waals surface area contributed by atoms with Crippen molar-refractivity contribution in [2.24, 2.45) is 0 Å². The van der Waals surface area contributed by atoms with Gasteiger partial charge < -0.3 is 15.4 Å². The molecular formula is C11H16BrN3O. The maximum absolute atomic E-state index is 5.39. The minimum Gasteiger partial charge on any atom is -0.378 e. The van der Waals surface area contributed by atoms with E-state index in [-0.39, 0.29) is 0 Å². The molecular weight excluding hydrogens is 270 g/mol. The minimum atomic E-state index is 0.374. The number of nitrogens with zero attached hydrogens (tertiary/aromatic N) is 1. The first-order valence-electron chi connectivity index (χ1n) is 5.43. The van der Waals surface area contributed by atoms with Gasteiger partial charge in [-0.1, -0.05) is 0 Å². The Labute approximate surface area is 104 Å². The summed E-state index contributed by atoms with van der Waals surface area (Å²) in [4.78, 5) is 4.34. The van der Waals surface area contributed by atoms with Crippen LogP contribution in [0, 0.1) is 6.92 Å². The molecule has 16 heavy (non-hydrogen) atoms. The Morgan fingerprint density at radius 2 is 2.56 bits per heavy atom. The molecule has 1 aliphatic rings. The monoisotopic (exact) mass is 285 g/mol. The van der Waals surface area contributed by atoms with Crippen LogP contribution in [0.5, 0.6) is 0 Å². The highest BCUT2D eigenvalue weighted by molar-refractivity contribution is 9.10. The van der Waals surface area contributed by atoms with Crippen LogP contribution in [0.15, 0.2) is 16.7 Å². The number of nitrogens with one attached hydrogen (secondary N) is 2. The lowest BCUT2D eigenvalue weighted by Crippen LogP contribution is -2.45. The van der Waals surface area contributed by atoms with Crippen LogP contribution in [-0.4, -0.2) is 37.3 Å². The Morgan fingerprint density at radius 3 is 3.25 bits per heavy atom. The van der Waals surface area contributed by atoms with Crippen LogP contribution in [0.25, 0.3) is 0 Å². The van der Waals surface area contributed by atoms with Gasteiger partial charge in [0.15, 0.2) is 0 Å². The Bertz CT molecular complexity index is 353. The maximum atomic E-state index is 5.39. The number of hydrogen-bond donors (Lipinski definition) is 2. The molecule has 2 rings (SSSR count). The third-order valence-corrected chi connectivity index (χ3v) is 2.99. The molecule has 0 aromatic carbocycles. The fourth-order valence-electron chi connectivity index (χ4n) is 1.70. The number of halogens is 1. The number of morpholine rings is 1. The van der Waals surface area contributed by atoms with Gasteiger partial charge in [0.05, 0.1) is 13.2 Å². The molecule has 1 atom stereocenters. The Morgan fingerprint density at radius 1 is 1.69 bits per heavy atom. The predicted octanol–water partition coefficient (Wildman–Crippen LogP) is 1.55. The van der Waals surface area contributed by atoms with Crippen LogP contribution < -0.4 is 10.6 Å². The molecule has 1 fully saturated rings. The molecule has 1 saturated heterocycles. The van der Waals surface area contributed by atoms with Crippen LogP contribution in [0.3, 0.4) is 0 Å². The first-order chi connectivity index (χ1) is 7.75. The van der Waals surface area contributed by atoms with Crippen LogP contribution in [0.2, 0.25) is 0 Å². The molecule has 0 aliphatic carbocycles. The van der Waals surface area contributed by atoms with Gasteiger partial charge >= 0.3 is 0 Å². The maximum Gasteiger partial charge on any atom is 0.128 e. The summed E-state index contributed by atoms with van der Waals surface area (Å²) >= 11 is 3.40. The molecule has 2 N–H and O–H groups in total. The zero-order valence-electron chi connectivity index (χ0n) is 9.29. The van der Waals surface area contributed by atoms with E-state index in [0.29, 0.717) is 6.04 Å². The third kappa shape index (κ3) is 3.17. The molecule has 0 spiro atoms. The van der Waals surface area contributed by atoms with Crippen LogP contribution >= 0.6 is 15.9 Å². The lowest BCUT2D eigenvalue weighted by molar-refractivity contribution is 0.0806. The molecule has 1 aliphatic heterocycles. The molecule has 4 nitrogen and oxygen atoms in total. The summed E-state index contributed by atoms with van der Waals surface area (Å²) in [6, 6.07) is 2.43. The normalized spacial score (nSPS) is 20.8. The van der Waals surface area contributed by atoms with Crippen molar-refractivity contribution >= 4 is 21.7 Å². The van der Waals surface area contributed by atoms with Crippen molar-refractivity contribution in [3.05, 3.63) is 22.3 Å². The fourth-order valence-corrected chi connectivity index (χ4v) is 2.14. The van der Waals surface area contributed by atoms with Crippen molar-refractivity contribution in [2.45, 2.75) is 13.0 Å². The summed E-state index contributed by atoms with van der Waals surface area (Å²) < 4.78 is 6.40. The van der Waals surface area contributed by atoms with Crippen molar-refractivity contribution in [3.8, 4) is 0 Å². The summed E-state index contributed by atoms with van der Waals surface area (Å²) in [5, 5.41) is 6.73. The number of hydrogen-bond acceptors (Lipinski definition) is 4. The van der Waals surface area contributed by atoms with E-state index >= 15 is 0 Å². The quantitative estimate of drug-likeness (QED) is 0.885. The number of aromatic nitrogens is 1. The Hall–Kier alpha value is -0.650. The molecule has 1 unspecified atom stereocenters. The van der Waals surface area contributed by atoms with Gasteiger partial charge in [0.25, 0.3) is 0 Å². The van der Waals surface area contributed by atoms with Crippen LogP contribution in [-0.2, 0) is 4.74 Å². The zero-order valence-corrected chi connectivity index (χ0v) is 10.9.